The zero-order valence-corrected chi connectivity index (χ0v) is 23.1. The van der Waals surface area contributed by atoms with Gasteiger partial charge in [0.15, 0.2) is 0 Å². The lowest BCUT2D eigenvalue weighted by Gasteiger charge is -2.26. The van der Waals surface area contributed by atoms with E-state index >= 15 is 0 Å². The summed E-state index contributed by atoms with van der Waals surface area (Å²) < 4.78 is 0. The van der Waals surface area contributed by atoms with Crippen LogP contribution in [-0.2, 0) is 0 Å². The first kappa shape index (κ1) is 23.5. The molecule has 2 aliphatic rings. The van der Waals surface area contributed by atoms with E-state index in [-0.39, 0.29) is 10.8 Å². The zero-order chi connectivity index (χ0) is 23.8. The predicted octanol–water partition coefficient (Wildman–Crippen LogP) is 10.6. The van der Waals surface area contributed by atoms with E-state index in [9.17, 15) is 0 Å². The van der Waals surface area contributed by atoms with Gasteiger partial charge in [-0.05, 0) is 68.1 Å². The van der Waals surface area contributed by atoms with Gasteiger partial charge in [0.05, 0.1) is 0 Å². The maximum atomic E-state index is 2.32. The van der Waals surface area contributed by atoms with Crippen molar-refractivity contribution in [2.75, 3.05) is 0 Å². The summed E-state index contributed by atoms with van der Waals surface area (Å²) in [7, 11) is 0. The van der Waals surface area contributed by atoms with Gasteiger partial charge in [0.1, 0.15) is 0 Å². The highest BCUT2D eigenvalue weighted by atomic mass is 32.1. The van der Waals surface area contributed by atoms with Crippen LogP contribution in [0.4, 0.5) is 0 Å². The van der Waals surface area contributed by atoms with Crippen molar-refractivity contribution in [2.45, 2.75) is 27.7 Å². The summed E-state index contributed by atoms with van der Waals surface area (Å²) in [4.78, 5) is 5.55. The highest BCUT2D eigenvalue weighted by molar-refractivity contribution is 7.12. The molecule has 172 valence electrons. The van der Waals surface area contributed by atoms with Gasteiger partial charge >= 0.3 is 0 Å². The quantitative estimate of drug-likeness (QED) is 0.253. The highest BCUT2D eigenvalue weighted by Gasteiger charge is 2.34. The van der Waals surface area contributed by atoms with Crippen molar-refractivity contribution in [1.82, 2.24) is 0 Å². The van der Waals surface area contributed by atoms with E-state index in [2.05, 4.69) is 122 Å². The topological polar surface area (TPSA) is 0 Å². The second-order valence-corrected chi connectivity index (χ2v) is 13.3. The van der Waals surface area contributed by atoms with Crippen LogP contribution in [0.15, 0.2) is 94.4 Å². The van der Waals surface area contributed by atoms with Gasteiger partial charge in [-0.2, -0.15) is 0 Å². The minimum atomic E-state index is 0.121. The first-order valence-corrected chi connectivity index (χ1v) is 14.9. The largest absolute Gasteiger partial charge is 0.144 e. The summed E-state index contributed by atoms with van der Waals surface area (Å²) in [6, 6.07) is 17.3. The smallest absolute Gasteiger partial charge is 0.0311 e. The molecular formula is C30H28S4. The molecule has 0 atom stereocenters. The molecule has 0 nitrogen and oxygen atoms in total. The van der Waals surface area contributed by atoms with Gasteiger partial charge in [-0.3, -0.25) is 0 Å². The van der Waals surface area contributed by atoms with E-state index < -0.39 is 0 Å². The zero-order valence-electron chi connectivity index (χ0n) is 19.9. The van der Waals surface area contributed by atoms with Crippen molar-refractivity contribution in [3.8, 4) is 0 Å². The van der Waals surface area contributed by atoms with Crippen molar-refractivity contribution < 1.29 is 0 Å². The highest BCUT2D eigenvalue weighted by Crippen LogP contribution is 2.52. The van der Waals surface area contributed by atoms with Crippen LogP contribution in [0.3, 0.4) is 0 Å². The fourth-order valence-electron chi connectivity index (χ4n) is 4.74. The molecule has 0 aromatic carbocycles. The number of hydrogen-bond acceptors (Lipinski definition) is 4. The average Bonchev–Trinajstić information content (AvgIpc) is 3.60. The average molecular weight is 517 g/mol. The van der Waals surface area contributed by atoms with Gasteiger partial charge in [-0.15, -0.1) is 45.3 Å². The summed E-state index contributed by atoms with van der Waals surface area (Å²) in [6.45, 7) is 9.27. The summed E-state index contributed by atoms with van der Waals surface area (Å²) in [5.41, 5.74) is 6.00. The Morgan fingerprint density at radius 2 is 0.647 bits per heavy atom. The minimum Gasteiger partial charge on any atom is -0.144 e. The molecule has 0 aliphatic heterocycles. The first-order valence-electron chi connectivity index (χ1n) is 11.4. The fourth-order valence-corrected chi connectivity index (χ4v) is 8.39. The number of thiophene rings is 4. The van der Waals surface area contributed by atoms with Crippen LogP contribution in [0.2, 0.25) is 0 Å². The van der Waals surface area contributed by atoms with Crippen LogP contribution in [0.1, 0.15) is 47.2 Å². The SMILES string of the molecule is CC1(C)C(c2cccs2)=CC=C1c1cccs1.CC1(C)C(c2cccs2)=CC=C1c1cccs1. The van der Waals surface area contributed by atoms with Crippen LogP contribution in [0.25, 0.3) is 22.3 Å². The molecule has 0 saturated heterocycles. The second-order valence-electron chi connectivity index (χ2n) is 9.48. The standard InChI is InChI=1S/2C15H14S2/c2*1-15(2)11(13-5-3-9-16-13)7-8-12(15)14-6-4-10-17-14/h2*3-10H,1-2H3. The Kier molecular flexibility index (Phi) is 6.51. The van der Waals surface area contributed by atoms with Crippen LogP contribution >= 0.6 is 45.3 Å². The Balaban J connectivity index is 0.000000142. The summed E-state index contributed by atoms with van der Waals surface area (Å²) in [5, 5.41) is 8.59. The van der Waals surface area contributed by atoms with Crippen molar-refractivity contribution >= 4 is 67.6 Å². The number of rotatable bonds is 4. The lowest BCUT2D eigenvalue weighted by atomic mass is 9.79. The van der Waals surface area contributed by atoms with Crippen molar-refractivity contribution in [2.24, 2.45) is 10.8 Å². The molecule has 0 saturated carbocycles. The molecule has 0 amide bonds. The van der Waals surface area contributed by atoms with Crippen molar-refractivity contribution in [3.63, 3.8) is 0 Å². The Morgan fingerprint density at radius 1 is 0.412 bits per heavy atom. The lowest BCUT2D eigenvalue weighted by molar-refractivity contribution is 0.685. The normalized spacial score (nSPS) is 18.0. The van der Waals surface area contributed by atoms with Crippen molar-refractivity contribution in [1.29, 1.82) is 0 Å². The monoisotopic (exact) mass is 516 g/mol. The molecule has 2 aliphatic carbocycles. The van der Waals surface area contributed by atoms with E-state index in [1.807, 2.05) is 45.3 Å². The molecule has 6 rings (SSSR count). The summed E-state index contributed by atoms with van der Waals surface area (Å²) in [6.07, 6.45) is 9.11. The Bertz CT molecular complexity index is 1140. The van der Waals surface area contributed by atoms with Crippen molar-refractivity contribution in [3.05, 3.63) is 114 Å². The molecule has 4 aromatic heterocycles. The lowest BCUT2D eigenvalue weighted by Crippen LogP contribution is -2.11. The minimum absolute atomic E-state index is 0.121. The van der Waals surface area contributed by atoms with Gasteiger partial charge in [0, 0.05) is 30.3 Å². The summed E-state index contributed by atoms with van der Waals surface area (Å²) in [5.74, 6) is 0. The van der Waals surface area contributed by atoms with Gasteiger partial charge in [-0.1, -0.05) is 76.3 Å². The van der Waals surface area contributed by atoms with E-state index in [1.54, 1.807) is 0 Å². The third kappa shape index (κ3) is 4.29. The van der Waals surface area contributed by atoms with Crippen LogP contribution in [-0.4, -0.2) is 0 Å². The molecule has 0 fully saturated rings. The molecule has 34 heavy (non-hydrogen) atoms. The van der Waals surface area contributed by atoms with E-state index in [0.717, 1.165) is 0 Å². The van der Waals surface area contributed by atoms with Gasteiger partial charge in [-0.25, -0.2) is 0 Å². The maximum Gasteiger partial charge on any atom is 0.0311 e. The Labute approximate surface area is 219 Å². The van der Waals surface area contributed by atoms with E-state index in [1.165, 1.54) is 41.8 Å². The third-order valence-corrected chi connectivity index (χ3v) is 10.3. The molecule has 0 spiro atoms. The Morgan fingerprint density at radius 3 is 0.824 bits per heavy atom. The maximum absolute atomic E-state index is 2.32. The van der Waals surface area contributed by atoms with Crippen LogP contribution < -0.4 is 0 Å². The van der Waals surface area contributed by atoms with E-state index in [0.29, 0.717) is 0 Å². The molecule has 0 bridgehead atoms. The molecule has 0 N–H and O–H groups in total. The van der Waals surface area contributed by atoms with Crippen LogP contribution in [0, 0.1) is 10.8 Å². The molecule has 4 heteroatoms. The predicted molar refractivity (Wildman–Crippen MR) is 157 cm³/mol. The molecule has 0 unspecified atom stereocenters. The number of hydrogen-bond donors (Lipinski definition) is 0. The molecule has 4 aromatic rings. The first-order chi connectivity index (χ1) is 16.4. The van der Waals surface area contributed by atoms with Gasteiger partial charge in [0.2, 0.25) is 0 Å². The fraction of sp³-hybridized carbons (Fsp3) is 0.200. The molecule has 4 heterocycles. The third-order valence-electron chi connectivity index (χ3n) is 6.67. The van der Waals surface area contributed by atoms with Crippen LogP contribution in [0.5, 0.6) is 0 Å². The van der Waals surface area contributed by atoms with Gasteiger partial charge in [0.25, 0.3) is 0 Å². The summed E-state index contributed by atoms with van der Waals surface area (Å²) >= 11 is 7.29. The molecule has 0 radical (unpaired) electrons. The van der Waals surface area contributed by atoms with E-state index in [4.69, 9.17) is 0 Å². The molecular weight excluding hydrogens is 489 g/mol. The Hall–Kier alpha value is -2.24. The van der Waals surface area contributed by atoms with Gasteiger partial charge < -0.3 is 0 Å². The second kappa shape index (κ2) is 9.43. The number of allylic oxidation sites excluding steroid dienone is 8.